The van der Waals surface area contributed by atoms with Crippen molar-refractivity contribution in [1.29, 1.82) is 0 Å². The molecule has 0 atom stereocenters. The third-order valence-electron chi connectivity index (χ3n) is 3.69. The van der Waals surface area contributed by atoms with Crippen LogP contribution in [0.25, 0.3) is 0 Å². The number of aromatic nitrogens is 1. The van der Waals surface area contributed by atoms with Crippen LogP contribution in [-0.4, -0.2) is 17.0 Å². The lowest BCUT2D eigenvalue weighted by Gasteiger charge is -2.09. The molecule has 0 aliphatic heterocycles. The molecule has 0 aliphatic rings. The van der Waals surface area contributed by atoms with E-state index < -0.39 is 0 Å². The van der Waals surface area contributed by atoms with Crippen LogP contribution in [-0.2, 0) is 6.54 Å². The van der Waals surface area contributed by atoms with E-state index in [9.17, 15) is 4.79 Å². The van der Waals surface area contributed by atoms with Crippen molar-refractivity contribution in [2.75, 3.05) is 6.61 Å². The Balaban J connectivity index is 2.12. The number of Topliss-reactive ketones (excluding diaryl/α,β-unsaturated/α-hetero) is 1. The van der Waals surface area contributed by atoms with Gasteiger partial charge in [-0.2, -0.15) is 0 Å². The van der Waals surface area contributed by atoms with E-state index in [0.29, 0.717) is 10.8 Å². The lowest BCUT2D eigenvalue weighted by atomic mass is 10.1. The van der Waals surface area contributed by atoms with Crippen LogP contribution < -0.4 is 4.74 Å². The summed E-state index contributed by atoms with van der Waals surface area (Å²) >= 11 is 5.91. The van der Waals surface area contributed by atoms with Gasteiger partial charge in [0.05, 0.1) is 0 Å². The molecule has 0 saturated carbocycles. The molecule has 0 N–H and O–H groups in total. The van der Waals surface area contributed by atoms with E-state index in [1.165, 1.54) is 0 Å². The predicted octanol–water partition coefficient (Wildman–Crippen LogP) is 4.35. The average molecular weight is 306 g/mol. The highest BCUT2D eigenvalue weighted by Crippen LogP contribution is 2.22. The van der Waals surface area contributed by atoms with Crippen LogP contribution >= 0.6 is 11.6 Å². The number of aryl methyl sites for hydroxylation is 2. The van der Waals surface area contributed by atoms with E-state index >= 15 is 0 Å². The van der Waals surface area contributed by atoms with E-state index in [4.69, 9.17) is 16.3 Å². The molecule has 1 aromatic carbocycles. The van der Waals surface area contributed by atoms with Crippen LogP contribution in [0.1, 0.15) is 34.2 Å². The zero-order valence-corrected chi connectivity index (χ0v) is 13.6. The average Bonchev–Trinajstić information content (AvgIpc) is 2.72. The van der Waals surface area contributed by atoms with Crippen LogP contribution in [0.4, 0.5) is 0 Å². The van der Waals surface area contributed by atoms with Crippen LogP contribution in [0.2, 0.25) is 5.02 Å². The Hall–Kier alpha value is -1.74. The van der Waals surface area contributed by atoms with Gasteiger partial charge in [0, 0.05) is 28.5 Å². The summed E-state index contributed by atoms with van der Waals surface area (Å²) in [4.78, 5) is 12.3. The minimum absolute atomic E-state index is 0.00264. The number of hydrogen-bond donors (Lipinski definition) is 0. The molecule has 2 aromatic rings. The van der Waals surface area contributed by atoms with E-state index in [1.807, 2.05) is 32.9 Å². The molecule has 0 aliphatic carbocycles. The van der Waals surface area contributed by atoms with Crippen molar-refractivity contribution in [3.8, 4) is 5.75 Å². The van der Waals surface area contributed by atoms with Gasteiger partial charge < -0.3 is 9.30 Å². The molecule has 0 saturated heterocycles. The number of ketones is 1. The van der Waals surface area contributed by atoms with E-state index in [1.54, 1.807) is 12.1 Å². The Morgan fingerprint density at radius 2 is 1.95 bits per heavy atom. The molecule has 4 heteroatoms. The molecule has 3 nitrogen and oxygen atoms in total. The maximum absolute atomic E-state index is 12.3. The van der Waals surface area contributed by atoms with Gasteiger partial charge in [0.1, 0.15) is 5.75 Å². The third kappa shape index (κ3) is 3.30. The molecule has 1 heterocycles. The summed E-state index contributed by atoms with van der Waals surface area (Å²) in [7, 11) is 0. The maximum Gasteiger partial charge on any atom is 0.202 e. The van der Waals surface area contributed by atoms with Gasteiger partial charge in [0.2, 0.25) is 5.78 Å². The largest absolute Gasteiger partial charge is 0.485 e. The number of ether oxygens (including phenoxy) is 1. The van der Waals surface area contributed by atoms with E-state index in [0.717, 1.165) is 29.1 Å². The molecule has 0 radical (unpaired) electrons. The molecule has 0 unspecified atom stereocenters. The second kappa shape index (κ2) is 6.35. The fourth-order valence-electron chi connectivity index (χ4n) is 2.57. The van der Waals surface area contributed by atoms with Crippen LogP contribution in [0.15, 0.2) is 24.3 Å². The van der Waals surface area contributed by atoms with Crippen LogP contribution in [0.5, 0.6) is 5.75 Å². The predicted molar refractivity (Wildman–Crippen MR) is 85.6 cm³/mol. The maximum atomic E-state index is 12.3. The van der Waals surface area contributed by atoms with Crippen LogP contribution in [0, 0.1) is 20.8 Å². The number of hydrogen-bond acceptors (Lipinski definition) is 2. The molecule has 1 aromatic heterocycles. The summed E-state index contributed by atoms with van der Waals surface area (Å²) < 4.78 is 7.75. The molecule has 0 spiro atoms. The van der Waals surface area contributed by atoms with E-state index in [-0.39, 0.29) is 12.4 Å². The fraction of sp³-hybridized carbons (Fsp3) is 0.353. The summed E-state index contributed by atoms with van der Waals surface area (Å²) in [6.45, 7) is 8.86. The first-order valence-electron chi connectivity index (χ1n) is 7.03. The number of benzene rings is 1. The summed E-state index contributed by atoms with van der Waals surface area (Å²) in [5.74, 6) is 0.689. The third-order valence-corrected chi connectivity index (χ3v) is 3.92. The first-order valence-corrected chi connectivity index (χ1v) is 7.40. The Kier molecular flexibility index (Phi) is 4.73. The second-order valence-electron chi connectivity index (χ2n) is 5.15. The van der Waals surface area contributed by atoms with Crippen molar-refractivity contribution in [2.24, 2.45) is 0 Å². The quantitative estimate of drug-likeness (QED) is 0.769. The van der Waals surface area contributed by atoms with E-state index in [2.05, 4.69) is 11.5 Å². The smallest absolute Gasteiger partial charge is 0.202 e. The number of rotatable bonds is 5. The van der Waals surface area contributed by atoms with Crippen molar-refractivity contribution >= 4 is 17.4 Å². The van der Waals surface area contributed by atoms with Gasteiger partial charge in [-0.15, -0.1) is 0 Å². The number of carbonyl (C=O) groups excluding carboxylic acids is 1. The van der Waals surface area contributed by atoms with Crippen molar-refractivity contribution < 1.29 is 9.53 Å². The Morgan fingerprint density at radius 3 is 2.52 bits per heavy atom. The summed E-state index contributed by atoms with van der Waals surface area (Å²) in [5.41, 5.74) is 3.76. The molecule has 2 rings (SSSR count). The minimum atomic E-state index is -0.00264. The lowest BCUT2D eigenvalue weighted by Crippen LogP contribution is -2.13. The fourth-order valence-corrected chi connectivity index (χ4v) is 2.79. The molecule has 0 bridgehead atoms. The van der Waals surface area contributed by atoms with Crippen LogP contribution in [0.3, 0.4) is 0 Å². The zero-order chi connectivity index (χ0) is 15.6. The number of carbonyl (C=O) groups is 1. The zero-order valence-electron chi connectivity index (χ0n) is 12.9. The standard InChI is InChI=1S/C17H20ClNO2/c1-5-19-12(3)9-15(13(19)4)16(20)10-21-17-7-6-14(18)8-11(17)2/h6-9H,5,10H2,1-4H3. The molecular weight excluding hydrogens is 286 g/mol. The number of nitrogens with zero attached hydrogens (tertiary/aromatic N) is 1. The normalized spacial score (nSPS) is 10.7. The summed E-state index contributed by atoms with van der Waals surface area (Å²) in [6.07, 6.45) is 0. The molecular formula is C17H20ClNO2. The minimum Gasteiger partial charge on any atom is -0.485 e. The molecule has 0 fully saturated rings. The van der Waals surface area contributed by atoms with Crippen molar-refractivity contribution in [1.82, 2.24) is 4.57 Å². The molecule has 0 amide bonds. The van der Waals surface area contributed by atoms with Gasteiger partial charge in [-0.1, -0.05) is 11.6 Å². The van der Waals surface area contributed by atoms with Gasteiger partial charge in [0.15, 0.2) is 6.61 Å². The van der Waals surface area contributed by atoms with Crippen molar-refractivity contribution in [3.05, 3.63) is 51.8 Å². The monoisotopic (exact) mass is 305 g/mol. The summed E-state index contributed by atoms with van der Waals surface area (Å²) in [5, 5.41) is 0.665. The highest BCUT2D eigenvalue weighted by atomic mass is 35.5. The van der Waals surface area contributed by atoms with Gasteiger partial charge in [0.25, 0.3) is 0 Å². The first kappa shape index (κ1) is 15.6. The number of halogens is 1. The van der Waals surface area contributed by atoms with Gasteiger partial charge in [-0.05, 0) is 57.5 Å². The highest BCUT2D eigenvalue weighted by molar-refractivity contribution is 6.30. The van der Waals surface area contributed by atoms with Gasteiger partial charge in [-0.25, -0.2) is 0 Å². The SMILES string of the molecule is CCn1c(C)cc(C(=O)COc2ccc(Cl)cc2C)c1C. The van der Waals surface area contributed by atoms with Gasteiger partial charge in [-0.3, -0.25) is 4.79 Å². The topological polar surface area (TPSA) is 31.2 Å². The van der Waals surface area contributed by atoms with Crippen molar-refractivity contribution in [3.63, 3.8) is 0 Å². The first-order chi connectivity index (χ1) is 9.93. The van der Waals surface area contributed by atoms with Gasteiger partial charge >= 0.3 is 0 Å². The summed E-state index contributed by atoms with van der Waals surface area (Å²) in [6, 6.07) is 7.31. The van der Waals surface area contributed by atoms with Crippen molar-refractivity contribution in [2.45, 2.75) is 34.2 Å². The Morgan fingerprint density at radius 1 is 1.24 bits per heavy atom. The molecule has 112 valence electrons. The highest BCUT2D eigenvalue weighted by Gasteiger charge is 2.15. The second-order valence-corrected chi connectivity index (χ2v) is 5.59. The molecule has 21 heavy (non-hydrogen) atoms. The Bertz CT molecular complexity index is 674. The lowest BCUT2D eigenvalue weighted by molar-refractivity contribution is 0.0920. The Labute approximate surface area is 130 Å².